The number of rotatable bonds is 7. The van der Waals surface area contributed by atoms with E-state index in [9.17, 15) is 9.59 Å². The minimum absolute atomic E-state index is 0.0350. The third-order valence-corrected chi connectivity index (χ3v) is 3.55. The van der Waals surface area contributed by atoms with E-state index in [1.54, 1.807) is 38.3 Å². The summed E-state index contributed by atoms with van der Waals surface area (Å²) in [6.07, 6.45) is 0. The SMILES string of the molecule is COCc1cccc(N[C@H](C)C(=O)Nc2cccc(C(C)=O)c2)c1. The molecule has 2 aromatic carbocycles. The summed E-state index contributed by atoms with van der Waals surface area (Å²) in [6.45, 7) is 3.80. The molecule has 126 valence electrons. The minimum atomic E-state index is -0.427. The molecule has 0 aliphatic carbocycles. The summed E-state index contributed by atoms with van der Waals surface area (Å²) in [4.78, 5) is 23.7. The third-order valence-electron chi connectivity index (χ3n) is 3.55. The molecule has 0 saturated heterocycles. The summed E-state index contributed by atoms with van der Waals surface area (Å²) in [7, 11) is 1.64. The van der Waals surface area contributed by atoms with Crippen LogP contribution in [0.25, 0.3) is 0 Å². The van der Waals surface area contributed by atoms with Gasteiger partial charge in [-0.15, -0.1) is 0 Å². The van der Waals surface area contributed by atoms with Crippen LogP contribution in [-0.2, 0) is 16.1 Å². The number of hydrogen-bond acceptors (Lipinski definition) is 4. The Hall–Kier alpha value is -2.66. The predicted molar refractivity (Wildman–Crippen MR) is 95.3 cm³/mol. The van der Waals surface area contributed by atoms with Crippen LogP contribution in [-0.4, -0.2) is 24.8 Å². The zero-order chi connectivity index (χ0) is 17.5. The van der Waals surface area contributed by atoms with E-state index in [2.05, 4.69) is 10.6 Å². The number of amides is 1. The Balaban J connectivity index is 2.00. The van der Waals surface area contributed by atoms with Gasteiger partial charge >= 0.3 is 0 Å². The molecule has 0 heterocycles. The lowest BCUT2D eigenvalue weighted by Gasteiger charge is -2.16. The van der Waals surface area contributed by atoms with Gasteiger partial charge in [-0.2, -0.15) is 0 Å². The molecular weight excluding hydrogens is 304 g/mol. The number of Topliss-reactive ketones (excluding diaryl/α,β-unsaturated/α-hetero) is 1. The van der Waals surface area contributed by atoms with Crippen molar-refractivity contribution < 1.29 is 14.3 Å². The van der Waals surface area contributed by atoms with Crippen LogP contribution in [0.3, 0.4) is 0 Å². The van der Waals surface area contributed by atoms with Gasteiger partial charge in [-0.1, -0.05) is 24.3 Å². The molecule has 5 nitrogen and oxygen atoms in total. The third kappa shape index (κ3) is 4.93. The maximum absolute atomic E-state index is 12.3. The van der Waals surface area contributed by atoms with E-state index < -0.39 is 6.04 Å². The van der Waals surface area contributed by atoms with Gasteiger partial charge in [0.05, 0.1) is 6.61 Å². The fourth-order valence-corrected chi connectivity index (χ4v) is 2.30. The smallest absolute Gasteiger partial charge is 0.246 e. The van der Waals surface area contributed by atoms with Crippen molar-refractivity contribution in [2.45, 2.75) is 26.5 Å². The van der Waals surface area contributed by atoms with Crippen molar-refractivity contribution in [2.24, 2.45) is 0 Å². The standard InChI is InChI=1S/C19H22N2O3/c1-13(20-17-8-4-6-15(10-17)12-24-3)19(23)21-18-9-5-7-16(11-18)14(2)22/h4-11,13,20H,12H2,1-3H3,(H,21,23)/t13-/m1/s1. The van der Waals surface area contributed by atoms with Crippen molar-refractivity contribution in [2.75, 3.05) is 17.7 Å². The molecule has 5 heteroatoms. The van der Waals surface area contributed by atoms with Gasteiger partial charge in [-0.25, -0.2) is 0 Å². The molecule has 2 N–H and O–H groups in total. The Morgan fingerprint density at radius 1 is 1.08 bits per heavy atom. The fraction of sp³-hybridized carbons (Fsp3) is 0.263. The highest BCUT2D eigenvalue weighted by atomic mass is 16.5. The van der Waals surface area contributed by atoms with Crippen LogP contribution < -0.4 is 10.6 Å². The highest BCUT2D eigenvalue weighted by Crippen LogP contribution is 2.15. The number of nitrogens with one attached hydrogen (secondary N) is 2. The lowest BCUT2D eigenvalue weighted by molar-refractivity contribution is -0.116. The number of hydrogen-bond donors (Lipinski definition) is 2. The average Bonchev–Trinajstić information content (AvgIpc) is 2.55. The van der Waals surface area contributed by atoms with Gasteiger partial charge in [-0.05, 0) is 43.7 Å². The number of benzene rings is 2. The van der Waals surface area contributed by atoms with E-state index in [1.165, 1.54) is 6.92 Å². The number of ether oxygens (including phenoxy) is 1. The molecule has 0 spiro atoms. The minimum Gasteiger partial charge on any atom is -0.380 e. The number of methoxy groups -OCH3 is 1. The van der Waals surface area contributed by atoms with Crippen molar-refractivity contribution in [1.82, 2.24) is 0 Å². The van der Waals surface area contributed by atoms with Crippen molar-refractivity contribution in [1.29, 1.82) is 0 Å². The predicted octanol–water partition coefficient (Wildman–Crippen LogP) is 3.47. The van der Waals surface area contributed by atoms with E-state index in [1.807, 2.05) is 24.3 Å². The first kappa shape index (κ1) is 17.7. The molecule has 0 fully saturated rings. The summed E-state index contributed by atoms with van der Waals surface area (Å²) < 4.78 is 5.11. The second-order valence-corrected chi connectivity index (χ2v) is 5.63. The van der Waals surface area contributed by atoms with Crippen LogP contribution in [0.2, 0.25) is 0 Å². The number of ketones is 1. The maximum atomic E-state index is 12.3. The highest BCUT2D eigenvalue weighted by Gasteiger charge is 2.13. The van der Waals surface area contributed by atoms with E-state index in [0.29, 0.717) is 17.9 Å². The zero-order valence-electron chi connectivity index (χ0n) is 14.1. The van der Waals surface area contributed by atoms with Crippen LogP contribution >= 0.6 is 0 Å². The monoisotopic (exact) mass is 326 g/mol. The maximum Gasteiger partial charge on any atom is 0.246 e. The molecule has 0 unspecified atom stereocenters. The first-order valence-electron chi connectivity index (χ1n) is 7.76. The molecular formula is C19H22N2O3. The molecule has 0 saturated carbocycles. The van der Waals surface area contributed by atoms with E-state index in [-0.39, 0.29) is 11.7 Å². The summed E-state index contributed by atoms with van der Waals surface area (Å²) in [6, 6.07) is 14.2. The van der Waals surface area contributed by atoms with Gasteiger partial charge in [-0.3, -0.25) is 9.59 Å². The molecule has 1 amide bonds. The molecule has 2 aromatic rings. The molecule has 0 aliphatic rings. The molecule has 24 heavy (non-hydrogen) atoms. The molecule has 0 aliphatic heterocycles. The summed E-state index contributed by atoms with van der Waals surface area (Å²) in [5, 5.41) is 5.98. The first-order valence-corrected chi connectivity index (χ1v) is 7.76. The van der Waals surface area contributed by atoms with Crippen LogP contribution in [0.5, 0.6) is 0 Å². The average molecular weight is 326 g/mol. The van der Waals surface area contributed by atoms with Gasteiger partial charge in [0.15, 0.2) is 5.78 Å². The number of anilines is 2. The van der Waals surface area contributed by atoms with Crippen LogP contribution in [0, 0.1) is 0 Å². The Morgan fingerprint density at radius 3 is 2.50 bits per heavy atom. The van der Waals surface area contributed by atoms with Crippen LogP contribution in [0.15, 0.2) is 48.5 Å². The van der Waals surface area contributed by atoms with Gasteiger partial charge in [0.1, 0.15) is 6.04 Å². The largest absolute Gasteiger partial charge is 0.380 e. The molecule has 1 atom stereocenters. The molecule has 0 radical (unpaired) electrons. The Kier molecular flexibility index (Phi) is 6.09. The number of carbonyl (C=O) groups is 2. The second kappa shape index (κ2) is 8.26. The lowest BCUT2D eigenvalue weighted by Crippen LogP contribution is -2.31. The van der Waals surface area contributed by atoms with Crippen LogP contribution in [0.4, 0.5) is 11.4 Å². The quantitative estimate of drug-likeness (QED) is 0.765. The van der Waals surface area contributed by atoms with Gasteiger partial charge in [0, 0.05) is 24.0 Å². The summed E-state index contributed by atoms with van der Waals surface area (Å²) in [5.74, 6) is -0.208. The van der Waals surface area contributed by atoms with E-state index >= 15 is 0 Å². The lowest BCUT2D eigenvalue weighted by atomic mass is 10.1. The first-order chi connectivity index (χ1) is 11.5. The van der Waals surface area contributed by atoms with Crippen LogP contribution in [0.1, 0.15) is 29.8 Å². The zero-order valence-corrected chi connectivity index (χ0v) is 14.1. The molecule has 0 aromatic heterocycles. The number of carbonyl (C=O) groups excluding carboxylic acids is 2. The van der Waals surface area contributed by atoms with Gasteiger partial charge in [0.25, 0.3) is 0 Å². The Morgan fingerprint density at radius 2 is 1.79 bits per heavy atom. The van der Waals surface area contributed by atoms with Crippen molar-refractivity contribution in [3.8, 4) is 0 Å². The van der Waals surface area contributed by atoms with Crippen molar-refractivity contribution in [3.05, 3.63) is 59.7 Å². The Bertz CT molecular complexity index is 728. The van der Waals surface area contributed by atoms with E-state index in [0.717, 1.165) is 11.3 Å². The van der Waals surface area contributed by atoms with E-state index in [4.69, 9.17) is 4.74 Å². The normalized spacial score (nSPS) is 11.6. The highest BCUT2D eigenvalue weighted by molar-refractivity contribution is 5.99. The van der Waals surface area contributed by atoms with Gasteiger partial charge < -0.3 is 15.4 Å². The Labute approximate surface area is 142 Å². The molecule has 0 bridgehead atoms. The van der Waals surface area contributed by atoms with Crippen molar-refractivity contribution >= 4 is 23.1 Å². The fourth-order valence-electron chi connectivity index (χ4n) is 2.30. The topological polar surface area (TPSA) is 67.4 Å². The molecule has 2 rings (SSSR count). The summed E-state index contributed by atoms with van der Waals surface area (Å²) in [5.41, 5.74) is 3.06. The van der Waals surface area contributed by atoms with Crippen molar-refractivity contribution in [3.63, 3.8) is 0 Å². The second-order valence-electron chi connectivity index (χ2n) is 5.63. The van der Waals surface area contributed by atoms with Gasteiger partial charge in [0.2, 0.25) is 5.91 Å². The summed E-state index contributed by atoms with van der Waals surface area (Å²) >= 11 is 0.